The lowest BCUT2D eigenvalue weighted by Crippen LogP contribution is -2.40. The molecule has 0 bridgehead atoms. The second-order valence-corrected chi connectivity index (χ2v) is 3.95. The number of rotatable bonds is 3. The number of halogens is 4. The highest BCUT2D eigenvalue weighted by molar-refractivity contribution is 5.58. The summed E-state index contributed by atoms with van der Waals surface area (Å²) >= 11 is 0. The van der Waals surface area contributed by atoms with Gasteiger partial charge in [-0.1, -0.05) is 18.7 Å². The number of ether oxygens (including phenoxy) is 1. The molecule has 0 aliphatic carbocycles. The van der Waals surface area contributed by atoms with Crippen LogP contribution in [0.2, 0.25) is 0 Å². The van der Waals surface area contributed by atoms with Crippen molar-refractivity contribution in [2.75, 3.05) is 6.54 Å². The smallest absolute Gasteiger partial charge is 0.455 e. The largest absolute Gasteiger partial charge is 0.486 e. The molecule has 0 unspecified atom stereocenters. The van der Waals surface area contributed by atoms with Gasteiger partial charge in [-0.3, -0.25) is 4.90 Å². The van der Waals surface area contributed by atoms with E-state index in [1.807, 2.05) is 0 Å². The van der Waals surface area contributed by atoms with E-state index in [1.54, 1.807) is 6.07 Å². The quantitative estimate of drug-likeness (QED) is 0.627. The summed E-state index contributed by atoms with van der Waals surface area (Å²) < 4.78 is 56.3. The van der Waals surface area contributed by atoms with E-state index in [4.69, 9.17) is 4.74 Å². The van der Waals surface area contributed by atoms with Gasteiger partial charge in [0, 0.05) is 0 Å². The Morgan fingerprint density at radius 1 is 1.35 bits per heavy atom. The third-order valence-electron chi connectivity index (χ3n) is 2.51. The molecule has 0 saturated carbocycles. The third kappa shape index (κ3) is 3.17. The molecule has 20 heavy (non-hydrogen) atoms. The van der Waals surface area contributed by atoms with Crippen molar-refractivity contribution in [2.24, 2.45) is 4.99 Å². The fraction of sp³-hybridized carbons (Fsp3) is 0.154. The first-order valence-electron chi connectivity index (χ1n) is 5.56. The second kappa shape index (κ2) is 5.36. The number of hydrogen-bond donors (Lipinski definition) is 0. The van der Waals surface area contributed by atoms with Gasteiger partial charge < -0.3 is 4.74 Å². The van der Waals surface area contributed by atoms with Gasteiger partial charge in [0.1, 0.15) is 5.76 Å². The number of alkyl halides is 3. The minimum absolute atomic E-state index is 0.0400. The summed E-state index contributed by atoms with van der Waals surface area (Å²) in [7, 11) is 0. The Morgan fingerprint density at radius 2 is 2.10 bits per heavy atom. The lowest BCUT2D eigenvalue weighted by Gasteiger charge is -2.25. The average molecular weight is 286 g/mol. The number of benzene rings is 1. The molecule has 1 aromatic rings. The molecule has 1 aromatic carbocycles. The highest BCUT2D eigenvalue weighted by Crippen LogP contribution is 2.25. The Bertz CT molecular complexity index is 578. The fourth-order valence-electron chi connectivity index (χ4n) is 1.53. The number of aliphatic imine (C=N–C) groups is 1. The van der Waals surface area contributed by atoms with Crippen LogP contribution < -0.4 is 4.74 Å². The minimum atomic E-state index is -4.56. The van der Waals surface area contributed by atoms with Crippen LogP contribution in [0.25, 0.3) is 6.08 Å². The van der Waals surface area contributed by atoms with Crippen molar-refractivity contribution in [1.29, 1.82) is 0 Å². The van der Waals surface area contributed by atoms with Gasteiger partial charge >= 0.3 is 6.30 Å². The topological polar surface area (TPSA) is 24.8 Å². The van der Waals surface area contributed by atoms with Crippen LogP contribution in [0.4, 0.5) is 17.6 Å². The molecular weight excluding hydrogens is 276 g/mol. The van der Waals surface area contributed by atoms with Crippen molar-refractivity contribution in [1.82, 2.24) is 4.90 Å². The molecule has 1 aliphatic heterocycles. The van der Waals surface area contributed by atoms with Crippen LogP contribution in [-0.2, 0) is 0 Å². The summed E-state index contributed by atoms with van der Waals surface area (Å²) in [4.78, 5) is 3.46. The fourth-order valence-corrected chi connectivity index (χ4v) is 1.53. The molecule has 0 radical (unpaired) electrons. The van der Waals surface area contributed by atoms with E-state index in [-0.39, 0.29) is 16.4 Å². The Hall–Kier alpha value is -2.31. The van der Waals surface area contributed by atoms with Crippen molar-refractivity contribution < 1.29 is 22.3 Å². The van der Waals surface area contributed by atoms with Gasteiger partial charge in [-0.2, -0.15) is 13.2 Å². The molecule has 0 spiro atoms. The van der Waals surface area contributed by atoms with E-state index in [0.29, 0.717) is 11.9 Å². The van der Waals surface area contributed by atoms with Crippen LogP contribution in [0.1, 0.15) is 5.56 Å². The van der Waals surface area contributed by atoms with Crippen LogP contribution in [-0.4, -0.2) is 24.1 Å². The maximum atomic E-state index is 13.6. The molecule has 7 heteroatoms. The van der Waals surface area contributed by atoms with E-state index in [2.05, 4.69) is 11.6 Å². The van der Waals surface area contributed by atoms with E-state index < -0.39 is 18.7 Å². The Kier molecular flexibility index (Phi) is 3.78. The monoisotopic (exact) mass is 286 g/mol. The van der Waals surface area contributed by atoms with Crippen molar-refractivity contribution in [2.45, 2.75) is 6.30 Å². The molecule has 0 aromatic heterocycles. The lowest BCUT2D eigenvalue weighted by molar-refractivity contribution is -0.214. The lowest BCUT2D eigenvalue weighted by atomic mass is 10.2. The van der Waals surface area contributed by atoms with E-state index in [0.717, 1.165) is 6.20 Å². The van der Waals surface area contributed by atoms with Crippen LogP contribution in [0.15, 0.2) is 41.7 Å². The average Bonchev–Trinajstić information content (AvgIpc) is 2.40. The van der Waals surface area contributed by atoms with Crippen molar-refractivity contribution in [3.8, 4) is 5.75 Å². The Morgan fingerprint density at radius 3 is 2.70 bits per heavy atom. The molecule has 2 rings (SSSR count). The van der Waals surface area contributed by atoms with Gasteiger partial charge in [-0.05, 0) is 17.7 Å². The molecule has 0 atom stereocenters. The molecular formula is C13H10F4N2O. The Balaban J connectivity index is 2.13. The summed E-state index contributed by atoms with van der Waals surface area (Å²) in [6.45, 7) is 2.92. The molecule has 3 nitrogen and oxygen atoms in total. The number of nitrogens with zero attached hydrogens (tertiary/aromatic N) is 2. The van der Waals surface area contributed by atoms with E-state index in [1.165, 1.54) is 18.2 Å². The van der Waals surface area contributed by atoms with E-state index >= 15 is 0 Å². The first-order valence-corrected chi connectivity index (χ1v) is 5.56. The molecule has 1 heterocycles. The maximum Gasteiger partial charge on any atom is 0.486 e. The van der Waals surface area contributed by atoms with Crippen molar-refractivity contribution in [3.05, 3.63) is 48.1 Å². The molecule has 0 fully saturated rings. The van der Waals surface area contributed by atoms with Crippen LogP contribution >= 0.6 is 0 Å². The second-order valence-electron chi connectivity index (χ2n) is 3.95. The van der Waals surface area contributed by atoms with E-state index in [9.17, 15) is 17.6 Å². The summed E-state index contributed by atoms with van der Waals surface area (Å²) in [5.74, 6) is -0.951. The molecule has 0 N–H and O–H groups in total. The predicted octanol–water partition coefficient (Wildman–Crippen LogP) is 3.55. The highest BCUT2D eigenvalue weighted by Gasteiger charge is 2.37. The zero-order valence-corrected chi connectivity index (χ0v) is 10.2. The van der Waals surface area contributed by atoms with Gasteiger partial charge in [0.15, 0.2) is 11.6 Å². The van der Waals surface area contributed by atoms with Crippen LogP contribution in [0.3, 0.4) is 0 Å². The van der Waals surface area contributed by atoms with Crippen LogP contribution in [0, 0.1) is 5.82 Å². The summed E-state index contributed by atoms with van der Waals surface area (Å²) in [6.07, 6.45) is -1.35. The standard InChI is InChI=1S/C13H10F4N2O/c1-2-9-3-4-12(11(14)5-9)20-10-6-18-8-19(7-10)13(15,16)17/h2-6,8H,1,7H2. The predicted molar refractivity (Wildman–Crippen MR) is 66.5 cm³/mol. The van der Waals surface area contributed by atoms with Crippen LogP contribution in [0.5, 0.6) is 5.75 Å². The third-order valence-corrected chi connectivity index (χ3v) is 2.51. The molecule has 106 valence electrons. The van der Waals surface area contributed by atoms with Crippen molar-refractivity contribution in [3.63, 3.8) is 0 Å². The highest BCUT2D eigenvalue weighted by atomic mass is 19.4. The molecule has 0 amide bonds. The van der Waals surface area contributed by atoms with Gasteiger partial charge in [0.25, 0.3) is 0 Å². The maximum absolute atomic E-state index is 13.6. The first-order chi connectivity index (χ1) is 9.40. The first kappa shape index (κ1) is 14.1. The summed E-state index contributed by atoms with van der Waals surface area (Å²) in [6, 6.07) is 4.04. The van der Waals surface area contributed by atoms with Gasteiger partial charge in [0.2, 0.25) is 0 Å². The molecule has 1 aliphatic rings. The van der Waals surface area contributed by atoms with Gasteiger partial charge in [-0.15, -0.1) is 0 Å². The Labute approximate surface area is 112 Å². The summed E-state index contributed by atoms with van der Waals surface area (Å²) in [5, 5.41) is 0. The number of hydrogen-bond acceptors (Lipinski definition) is 3. The minimum Gasteiger partial charge on any atom is -0.455 e. The SMILES string of the molecule is C=Cc1ccc(OC2=CN=CN(C(F)(F)F)C2)c(F)c1. The van der Waals surface area contributed by atoms with Crippen molar-refractivity contribution >= 4 is 12.4 Å². The normalized spacial score (nSPS) is 15.0. The van der Waals surface area contributed by atoms with Gasteiger partial charge in [0.05, 0.1) is 19.1 Å². The van der Waals surface area contributed by atoms with Gasteiger partial charge in [-0.25, -0.2) is 9.38 Å². The summed E-state index contributed by atoms with van der Waals surface area (Å²) in [5.41, 5.74) is 0.544. The molecule has 0 saturated heterocycles. The zero-order valence-electron chi connectivity index (χ0n) is 10.2. The zero-order chi connectivity index (χ0) is 14.8.